The van der Waals surface area contributed by atoms with Crippen molar-refractivity contribution < 1.29 is 19.0 Å². The molecule has 1 aromatic rings. The third kappa shape index (κ3) is 4.18. The van der Waals surface area contributed by atoms with Crippen LogP contribution in [-0.4, -0.2) is 24.4 Å². The van der Waals surface area contributed by atoms with E-state index in [4.69, 9.17) is 9.47 Å². The first-order valence-electron chi connectivity index (χ1n) is 6.88. The van der Waals surface area contributed by atoms with E-state index in [1.807, 2.05) is 0 Å². The van der Waals surface area contributed by atoms with Crippen molar-refractivity contribution in [2.24, 2.45) is 0 Å². The Bertz CT molecular complexity index is 400. The van der Waals surface area contributed by atoms with E-state index in [0.717, 1.165) is 32.3 Å². The summed E-state index contributed by atoms with van der Waals surface area (Å²) in [5.41, 5.74) is 0.559. The molecule has 2 rings (SSSR count). The Labute approximate surface area is 113 Å². The second-order valence-corrected chi connectivity index (χ2v) is 4.99. The SMILES string of the molecule is C[C@@H](O)c1ccc(OCCCC2CCCO2)c(F)c1. The fourth-order valence-corrected chi connectivity index (χ4v) is 2.26. The van der Waals surface area contributed by atoms with Gasteiger partial charge in [0.25, 0.3) is 0 Å². The summed E-state index contributed by atoms with van der Waals surface area (Å²) in [4.78, 5) is 0. The number of hydrogen-bond donors (Lipinski definition) is 1. The van der Waals surface area contributed by atoms with E-state index in [-0.39, 0.29) is 5.75 Å². The van der Waals surface area contributed by atoms with Gasteiger partial charge in [0.2, 0.25) is 0 Å². The second-order valence-electron chi connectivity index (χ2n) is 4.99. The molecule has 1 aliphatic rings. The molecule has 0 spiro atoms. The third-order valence-electron chi connectivity index (χ3n) is 3.39. The maximum Gasteiger partial charge on any atom is 0.165 e. The normalized spacial score (nSPS) is 20.5. The lowest BCUT2D eigenvalue weighted by atomic mass is 10.1. The van der Waals surface area contributed by atoms with Crippen molar-refractivity contribution in [1.82, 2.24) is 0 Å². The highest BCUT2D eigenvalue weighted by Gasteiger charge is 2.15. The van der Waals surface area contributed by atoms with Gasteiger partial charge in [0.15, 0.2) is 11.6 Å². The van der Waals surface area contributed by atoms with Crippen molar-refractivity contribution in [3.8, 4) is 5.75 Å². The number of rotatable bonds is 6. The fourth-order valence-electron chi connectivity index (χ4n) is 2.26. The monoisotopic (exact) mass is 268 g/mol. The van der Waals surface area contributed by atoms with Crippen LogP contribution in [0.5, 0.6) is 5.75 Å². The zero-order chi connectivity index (χ0) is 13.7. The van der Waals surface area contributed by atoms with Gasteiger partial charge >= 0.3 is 0 Å². The molecule has 4 heteroatoms. The predicted octanol–water partition coefficient (Wildman–Crippen LogP) is 3.22. The number of benzene rings is 1. The third-order valence-corrected chi connectivity index (χ3v) is 3.39. The van der Waals surface area contributed by atoms with Gasteiger partial charge in [-0.25, -0.2) is 4.39 Å². The lowest BCUT2D eigenvalue weighted by molar-refractivity contribution is 0.0979. The molecule has 0 aromatic heterocycles. The molecule has 19 heavy (non-hydrogen) atoms. The van der Waals surface area contributed by atoms with Gasteiger partial charge in [-0.3, -0.25) is 0 Å². The molecule has 1 aliphatic heterocycles. The maximum absolute atomic E-state index is 13.7. The van der Waals surface area contributed by atoms with E-state index in [1.54, 1.807) is 19.1 Å². The van der Waals surface area contributed by atoms with Crippen LogP contribution in [0.2, 0.25) is 0 Å². The van der Waals surface area contributed by atoms with Crippen LogP contribution in [0, 0.1) is 5.82 Å². The van der Waals surface area contributed by atoms with Crippen LogP contribution in [0.3, 0.4) is 0 Å². The van der Waals surface area contributed by atoms with Crippen LogP contribution in [0.15, 0.2) is 18.2 Å². The highest BCUT2D eigenvalue weighted by molar-refractivity contribution is 5.30. The van der Waals surface area contributed by atoms with Crippen LogP contribution < -0.4 is 4.74 Å². The van der Waals surface area contributed by atoms with Crippen LogP contribution in [0.4, 0.5) is 4.39 Å². The smallest absolute Gasteiger partial charge is 0.165 e. The van der Waals surface area contributed by atoms with E-state index in [0.29, 0.717) is 18.3 Å². The molecule has 1 heterocycles. The zero-order valence-electron chi connectivity index (χ0n) is 11.3. The Morgan fingerprint density at radius 3 is 3.00 bits per heavy atom. The van der Waals surface area contributed by atoms with E-state index in [9.17, 15) is 9.50 Å². The molecular formula is C15H21FO3. The Balaban J connectivity index is 1.76. The van der Waals surface area contributed by atoms with Crippen molar-refractivity contribution in [3.05, 3.63) is 29.6 Å². The largest absolute Gasteiger partial charge is 0.491 e. The standard InChI is InChI=1S/C15H21FO3/c1-11(17)12-6-7-15(14(16)10-12)19-9-3-5-13-4-2-8-18-13/h6-7,10-11,13,17H,2-5,8-9H2,1H3/t11-,13?/m1/s1. The van der Waals surface area contributed by atoms with Gasteiger partial charge in [0.05, 0.1) is 18.8 Å². The van der Waals surface area contributed by atoms with Crippen LogP contribution in [0.1, 0.15) is 44.3 Å². The second kappa shape index (κ2) is 6.87. The Morgan fingerprint density at radius 2 is 2.37 bits per heavy atom. The summed E-state index contributed by atoms with van der Waals surface area (Å²) in [5, 5.41) is 9.35. The molecule has 0 radical (unpaired) electrons. The highest BCUT2D eigenvalue weighted by Crippen LogP contribution is 2.22. The lowest BCUT2D eigenvalue weighted by Crippen LogP contribution is -2.08. The molecule has 0 amide bonds. The molecule has 0 saturated carbocycles. The van der Waals surface area contributed by atoms with E-state index >= 15 is 0 Å². The van der Waals surface area contributed by atoms with Crippen molar-refractivity contribution in [1.29, 1.82) is 0 Å². The van der Waals surface area contributed by atoms with Crippen molar-refractivity contribution in [2.45, 2.75) is 44.8 Å². The highest BCUT2D eigenvalue weighted by atomic mass is 19.1. The molecule has 0 aliphatic carbocycles. The van der Waals surface area contributed by atoms with Crippen LogP contribution in [0.25, 0.3) is 0 Å². The van der Waals surface area contributed by atoms with Gasteiger partial charge in [0, 0.05) is 6.61 Å². The molecule has 1 aromatic carbocycles. The van der Waals surface area contributed by atoms with Crippen molar-refractivity contribution in [3.63, 3.8) is 0 Å². The van der Waals surface area contributed by atoms with Gasteiger partial charge in [-0.05, 0) is 50.3 Å². The minimum Gasteiger partial charge on any atom is -0.491 e. The lowest BCUT2D eigenvalue weighted by Gasteiger charge is -2.11. The number of hydrogen-bond acceptors (Lipinski definition) is 3. The topological polar surface area (TPSA) is 38.7 Å². The first kappa shape index (κ1) is 14.3. The van der Waals surface area contributed by atoms with Crippen molar-refractivity contribution in [2.75, 3.05) is 13.2 Å². The first-order chi connectivity index (χ1) is 9.16. The summed E-state index contributed by atoms with van der Waals surface area (Å²) in [6, 6.07) is 4.58. The van der Waals surface area contributed by atoms with E-state index < -0.39 is 11.9 Å². The molecule has 2 atom stereocenters. The molecule has 106 valence electrons. The summed E-state index contributed by atoms with van der Waals surface area (Å²) in [5.74, 6) is -0.174. The Hall–Kier alpha value is -1.13. The fraction of sp³-hybridized carbons (Fsp3) is 0.600. The molecule has 1 unspecified atom stereocenters. The minimum absolute atomic E-state index is 0.247. The quantitative estimate of drug-likeness (QED) is 0.805. The van der Waals surface area contributed by atoms with E-state index in [1.165, 1.54) is 6.07 Å². The number of ether oxygens (including phenoxy) is 2. The molecule has 0 bridgehead atoms. The number of aliphatic hydroxyl groups is 1. The molecule has 1 saturated heterocycles. The van der Waals surface area contributed by atoms with Gasteiger partial charge in [-0.1, -0.05) is 6.07 Å². The van der Waals surface area contributed by atoms with Gasteiger partial charge in [-0.2, -0.15) is 0 Å². The Kier molecular flexibility index (Phi) is 5.16. The summed E-state index contributed by atoms with van der Waals surface area (Å²) < 4.78 is 24.6. The van der Waals surface area contributed by atoms with E-state index in [2.05, 4.69) is 0 Å². The van der Waals surface area contributed by atoms with Gasteiger partial charge < -0.3 is 14.6 Å². The summed E-state index contributed by atoms with van der Waals surface area (Å²) in [6.45, 7) is 2.96. The molecule has 1 fully saturated rings. The first-order valence-corrected chi connectivity index (χ1v) is 6.88. The average Bonchev–Trinajstić information content (AvgIpc) is 2.89. The zero-order valence-corrected chi connectivity index (χ0v) is 11.3. The number of halogens is 1. The molecular weight excluding hydrogens is 247 g/mol. The van der Waals surface area contributed by atoms with Crippen molar-refractivity contribution >= 4 is 0 Å². The van der Waals surface area contributed by atoms with Crippen LogP contribution in [-0.2, 0) is 4.74 Å². The van der Waals surface area contributed by atoms with Gasteiger partial charge in [-0.15, -0.1) is 0 Å². The Morgan fingerprint density at radius 1 is 1.53 bits per heavy atom. The maximum atomic E-state index is 13.7. The number of aliphatic hydroxyl groups excluding tert-OH is 1. The summed E-state index contributed by atoms with van der Waals surface area (Å²) in [6.07, 6.45) is 3.78. The van der Waals surface area contributed by atoms with Gasteiger partial charge in [0.1, 0.15) is 0 Å². The molecule has 3 nitrogen and oxygen atoms in total. The molecule has 1 N–H and O–H groups in total. The van der Waals surface area contributed by atoms with Crippen LogP contribution >= 0.6 is 0 Å². The predicted molar refractivity (Wildman–Crippen MR) is 70.7 cm³/mol. The average molecular weight is 268 g/mol. The summed E-state index contributed by atoms with van der Waals surface area (Å²) >= 11 is 0. The minimum atomic E-state index is -0.664. The summed E-state index contributed by atoms with van der Waals surface area (Å²) in [7, 11) is 0.